The number of aromatic nitrogens is 1. The molecule has 1 aromatic rings. The van der Waals surface area contributed by atoms with Crippen LogP contribution in [0, 0.1) is 23.2 Å². The van der Waals surface area contributed by atoms with E-state index in [4.69, 9.17) is 14.2 Å². The molecular formula is C28H41F3N2O3. The highest BCUT2D eigenvalue weighted by Gasteiger charge is 2.38. The van der Waals surface area contributed by atoms with Crippen LogP contribution in [-0.2, 0) is 20.4 Å². The molecule has 2 heterocycles. The number of hydrogen-bond donors (Lipinski definition) is 0. The van der Waals surface area contributed by atoms with E-state index in [0.717, 1.165) is 25.6 Å². The van der Waals surface area contributed by atoms with Gasteiger partial charge in [-0.25, -0.2) is 4.98 Å². The van der Waals surface area contributed by atoms with E-state index in [1.54, 1.807) is 4.90 Å². The van der Waals surface area contributed by atoms with E-state index in [-0.39, 0.29) is 42.1 Å². The third-order valence-corrected chi connectivity index (χ3v) is 6.73. The molecule has 0 N–H and O–H groups in total. The molecule has 5 nitrogen and oxygen atoms in total. The molecule has 1 saturated carbocycles. The number of nitrogens with zero attached hydrogens (tertiary/aromatic N) is 2. The van der Waals surface area contributed by atoms with E-state index < -0.39 is 11.7 Å². The molecular weight excluding hydrogens is 469 g/mol. The Bertz CT molecular complexity index is 903. The third kappa shape index (κ3) is 8.64. The van der Waals surface area contributed by atoms with Crippen LogP contribution in [0.25, 0.3) is 0 Å². The lowest BCUT2D eigenvalue weighted by atomic mass is 9.90. The summed E-state index contributed by atoms with van der Waals surface area (Å²) in [6.07, 6.45) is 0.112. The summed E-state index contributed by atoms with van der Waals surface area (Å²) in [7, 11) is 0. The molecule has 0 unspecified atom stereocenters. The van der Waals surface area contributed by atoms with Crippen LogP contribution in [0.2, 0.25) is 0 Å². The SMILES string of the molecule is CC(C)[C@H](C)OCC#Cc1cc(N2CCC(OC3CC(OCC(C)(C)C)C3)CC2)c(C(F)(F)F)cn1. The van der Waals surface area contributed by atoms with E-state index in [1.165, 1.54) is 6.07 Å². The highest BCUT2D eigenvalue weighted by atomic mass is 19.4. The first kappa shape index (κ1) is 28.7. The van der Waals surface area contributed by atoms with Crippen LogP contribution in [0.15, 0.2) is 12.3 Å². The molecule has 36 heavy (non-hydrogen) atoms. The lowest BCUT2D eigenvalue weighted by Crippen LogP contribution is -2.44. The smallest absolute Gasteiger partial charge is 0.377 e. The Morgan fingerprint density at radius 3 is 2.31 bits per heavy atom. The number of hydrogen-bond acceptors (Lipinski definition) is 5. The van der Waals surface area contributed by atoms with Gasteiger partial charge in [0.2, 0.25) is 0 Å². The third-order valence-electron chi connectivity index (χ3n) is 6.73. The molecule has 1 saturated heterocycles. The molecule has 2 aliphatic rings. The van der Waals surface area contributed by atoms with Crippen molar-refractivity contribution >= 4 is 5.69 Å². The minimum atomic E-state index is -4.48. The van der Waals surface area contributed by atoms with Gasteiger partial charge in [-0.3, -0.25) is 0 Å². The Hall–Kier alpha value is -1.82. The summed E-state index contributed by atoms with van der Waals surface area (Å²) in [5.41, 5.74) is -0.133. The normalized spacial score (nSPS) is 22.2. The zero-order valence-electron chi connectivity index (χ0n) is 22.5. The van der Waals surface area contributed by atoms with Gasteiger partial charge in [0.05, 0.1) is 42.3 Å². The Morgan fingerprint density at radius 1 is 1.06 bits per heavy atom. The van der Waals surface area contributed by atoms with E-state index in [1.807, 2.05) is 6.92 Å². The average molecular weight is 511 g/mol. The summed E-state index contributed by atoms with van der Waals surface area (Å²) in [6, 6.07) is 1.45. The largest absolute Gasteiger partial charge is 0.419 e. The lowest BCUT2D eigenvalue weighted by Gasteiger charge is -2.41. The van der Waals surface area contributed by atoms with Gasteiger partial charge < -0.3 is 19.1 Å². The zero-order chi connectivity index (χ0) is 26.5. The molecule has 8 heteroatoms. The maximum Gasteiger partial charge on any atom is 0.419 e. The van der Waals surface area contributed by atoms with Gasteiger partial charge in [0.15, 0.2) is 0 Å². The summed E-state index contributed by atoms with van der Waals surface area (Å²) in [6.45, 7) is 14.5. The summed E-state index contributed by atoms with van der Waals surface area (Å²) < 4.78 is 58.9. The fourth-order valence-corrected chi connectivity index (χ4v) is 4.12. The van der Waals surface area contributed by atoms with Crippen LogP contribution in [0.4, 0.5) is 18.9 Å². The van der Waals surface area contributed by atoms with Gasteiger partial charge in [-0.1, -0.05) is 40.5 Å². The van der Waals surface area contributed by atoms with Gasteiger partial charge in [0, 0.05) is 19.3 Å². The quantitative estimate of drug-likeness (QED) is 0.396. The van der Waals surface area contributed by atoms with Crippen molar-refractivity contribution in [3.63, 3.8) is 0 Å². The average Bonchev–Trinajstić information content (AvgIpc) is 2.76. The molecule has 1 aliphatic carbocycles. The fraction of sp³-hybridized carbons (Fsp3) is 0.750. The minimum absolute atomic E-state index is 0.0563. The molecule has 2 fully saturated rings. The molecule has 0 amide bonds. The minimum Gasteiger partial charge on any atom is -0.377 e. The summed E-state index contributed by atoms with van der Waals surface area (Å²) in [5, 5.41) is 0. The van der Waals surface area contributed by atoms with E-state index in [2.05, 4.69) is 51.4 Å². The van der Waals surface area contributed by atoms with Crippen LogP contribution >= 0.6 is 0 Å². The number of halogens is 3. The van der Waals surface area contributed by atoms with Crippen LogP contribution < -0.4 is 4.90 Å². The molecule has 0 bridgehead atoms. The predicted octanol–water partition coefficient (Wildman–Crippen LogP) is 6.09. The van der Waals surface area contributed by atoms with Crippen molar-refractivity contribution in [3.8, 4) is 11.8 Å². The summed E-state index contributed by atoms with van der Waals surface area (Å²) in [4.78, 5) is 5.73. The molecule has 1 atom stereocenters. The second-order valence-corrected chi connectivity index (χ2v) is 11.6. The van der Waals surface area contributed by atoms with Gasteiger partial charge >= 0.3 is 6.18 Å². The first-order chi connectivity index (χ1) is 16.8. The summed E-state index contributed by atoms with van der Waals surface area (Å²) >= 11 is 0. The number of anilines is 1. The molecule has 202 valence electrons. The van der Waals surface area contributed by atoms with Gasteiger partial charge in [-0.05, 0) is 55.9 Å². The van der Waals surface area contributed by atoms with Crippen LogP contribution in [0.5, 0.6) is 0 Å². The summed E-state index contributed by atoms with van der Waals surface area (Å²) in [5.74, 6) is 6.09. The number of ether oxygens (including phenoxy) is 3. The zero-order valence-corrected chi connectivity index (χ0v) is 22.5. The van der Waals surface area contributed by atoms with Crippen molar-refractivity contribution in [2.24, 2.45) is 11.3 Å². The molecule has 1 aromatic heterocycles. The van der Waals surface area contributed by atoms with E-state index in [9.17, 15) is 13.2 Å². The van der Waals surface area contributed by atoms with Gasteiger partial charge in [0.1, 0.15) is 12.3 Å². The second-order valence-electron chi connectivity index (χ2n) is 11.6. The Balaban J connectivity index is 1.55. The highest BCUT2D eigenvalue weighted by Crippen LogP contribution is 2.38. The monoisotopic (exact) mass is 510 g/mol. The maximum absolute atomic E-state index is 13.7. The van der Waals surface area contributed by atoms with Gasteiger partial charge in [0.25, 0.3) is 0 Å². The number of piperidine rings is 1. The van der Waals surface area contributed by atoms with Crippen molar-refractivity contribution in [1.82, 2.24) is 4.98 Å². The standard InChI is InChI=1S/C28H41F3N2O3/c1-19(2)20(3)34-13-7-8-21-14-26(25(17-32-21)28(29,30)31)33-11-9-22(10-12-33)36-24-15-23(16-24)35-18-27(4,5)6/h14,17,19-20,22-24H,9-13,15-16,18H2,1-6H3/t20-,23?,24?/m0/s1. The predicted molar refractivity (Wildman–Crippen MR) is 135 cm³/mol. The van der Waals surface area contributed by atoms with Crippen LogP contribution in [0.3, 0.4) is 0 Å². The molecule has 1 aliphatic heterocycles. The highest BCUT2D eigenvalue weighted by molar-refractivity contribution is 5.57. The first-order valence-electron chi connectivity index (χ1n) is 13.0. The van der Waals surface area contributed by atoms with E-state index in [0.29, 0.717) is 37.5 Å². The van der Waals surface area contributed by atoms with Crippen LogP contribution in [-0.4, -0.2) is 55.7 Å². The van der Waals surface area contributed by atoms with Crippen molar-refractivity contribution in [2.45, 2.75) is 97.8 Å². The molecule has 0 aromatic carbocycles. The van der Waals surface area contributed by atoms with E-state index >= 15 is 0 Å². The topological polar surface area (TPSA) is 43.8 Å². The Kier molecular flexibility index (Phi) is 9.70. The number of alkyl halides is 3. The van der Waals surface area contributed by atoms with Crippen LogP contribution in [0.1, 0.15) is 78.5 Å². The van der Waals surface area contributed by atoms with Crippen molar-refractivity contribution in [2.75, 3.05) is 31.2 Å². The molecule has 3 rings (SSSR count). The van der Waals surface area contributed by atoms with Crippen molar-refractivity contribution in [3.05, 3.63) is 23.5 Å². The first-order valence-corrected chi connectivity index (χ1v) is 13.0. The lowest BCUT2D eigenvalue weighted by molar-refractivity contribution is -0.138. The van der Waals surface area contributed by atoms with Crippen molar-refractivity contribution < 1.29 is 27.4 Å². The molecule has 0 spiro atoms. The maximum atomic E-state index is 13.7. The Morgan fingerprint density at radius 2 is 1.72 bits per heavy atom. The van der Waals surface area contributed by atoms with Gasteiger partial charge in [-0.2, -0.15) is 13.2 Å². The Labute approximate surface area is 214 Å². The number of rotatable bonds is 8. The van der Waals surface area contributed by atoms with Crippen molar-refractivity contribution in [1.29, 1.82) is 0 Å². The second kappa shape index (κ2) is 12.1. The molecule has 0 radical (unpaired) electrons. The number of pyridine rings is 1. The fourth-order valence-electron chi connectivity index (χ4n) is 4.12. The van der Waals surface area contributed by atoms with Gasteiger partial charge in [-0.15, -0.1) is 0 Å².